The molecular formula is C19H18FN3O3S. The molecule has 27 heavy (non-hydrogen) atoms. The fourth-order valence-electron chi connectivity index (χ4n) is 3.24. The standard InChI is InChI=1S/C19H18FN3O3S/c1-11-15-18(22-14-3-2-9-23(14)19(15)25)27-16(11)17(24)21-8-10-26-13-6-4-12(20)5-7-13/h4-7H,2-3,8-10H2,1H3,(H,21,24). The van der Waals surface area contributed by atoms with Gasteiger partial charge in [0.25, 0.3) is 11.5 Å². The van der Waals surface area contributed by atoms with Crippen molar-refractivity contribution in [3.05, 3.63) is 56.7 Å². The largest absolute Gasteiger partial charge is 0.492 e. The molecule has 1 aromatic carbocycles. The van der Waals surface area contributed by atoms with Gasteiger partial charge in [-0.25, -0.2) is 9.37 Å². The third kappa shape index (κ3) is 3.32. The van der Waals surface area contributed by atoms with Crippen molar-refractivity contribution in [2.24, 2.45) is 0 Å². The molecular weight excluding hydrogens is 369 g/mol. The Morgan fingerprint density at radius 1 is 1.37 bits per heavy atom. The van der Waals surface area contributed by atoms with E-state index in [1.54, 1.807) is 11.5 Å². The Balaban J connectivity index is 1.45. The number of nitrogens with one attached hydrogen (secondary N) is 1. The highest BCUT2D eigenvalue weighted by Crippen LogP contribution is 2.28. The molecule has 2 aromatic heterocycles. The van der Waals surface area contributed by atoms with Crippen LogP contribution in [0.15, 0.2) is 29.1 Å². The van der Waals surface area contributed by atoms with Crippen LogP contribution in [0, 0.1) is 12.7 Å². The molecule has 6 nitrogen and oxygen atoms in total. The highest BCUT2D eigenvalue weighted by atomic mass is 32.1. The van der Waals surface area contributed by atoms with Crippen molar-refractivity contribution in [1.29, 1.82) is 0 Å². The molecule has 0 spiro atoms. The molecule has 0 fully saturated rings. The lowest BCUT2D eigenvalue weighted by Gasteiger charge is -2.07. The van der Waals surface area contributed by atoms with Gasteiger partial charge >= 0.3 is 0 Å². The van der Waals surface area contributed by atoms with Gasteiger partial charge in [-0.2, -0.15) is 0 Å². The van der Waals surface area contributed by atoms with E-state index in [-0.39, 0.29) is 23.9 Å². The highest BCUT2D eigenvalue weighted by Gasteiger charge is 2.23. The lowest BCUT2D eigenvalue weighted by Crippen LogP contribution is -2.28. The van der Waals surface area contributed by atoms with Crippen LogP contribution in [0.25, 0.3) is 10.2 Å². The van der Waals surface area contributed by atoms with Crippen molar-refractivity contribution >= 4 is 27.5 Å². The molecule has 0 atom stereocenters. The van der Waals surface area contributed by atoms with Crippen LogP contribution in [0.3, 0.4) is 0 Å². The van der Waals surface area contributed by atoms with E-state index in [1.807, 2.05) is 0 Å². The van der Waals surface area contributed by atoms with Crippen LogP contribution >= 0.6 is 11.3 Å². The van der Waals surface area contributed by atoms with E-state index in [0.29, 0.717) is 39.5 Å². The zero-order valence-electron chi connectivity index (χ0n) is 14.8. The highest BCUT2D eigenvalue weighted by molar-refractivity contribution is 7.20. The number of thiophene rings is 1. The smallest absolute Gasteiger partial charge is 0.262 e. The van der Waals surface area contributed by atoms with Crippen molar-refractivity contribution in [2.45, 2.75) is 26.3 Å². The van der Waals surface area contributed by atoms with Gasteiger partial charge in [-0.3, -0.25) is 14.2 Å². The fraction of sp³-hybridized carbons (Fsp3) is 0.316. The quantitative estimate of drug-likeness (QED) is 0.683. The maximum Gasteiger partial charge on any atom is 0.262 e. The summed E-state index contributed by atoms with van der Waals surface area (Å²) in [5, 5.41) is 3.33. The number of ether oxygens (including phenoxy) is 1. The van der Waals surface area contributed by atoms with Crippen molar-refractivity contribution < 1.29 is 13.9 Å². The molecule has 0 bridgehead atoms. The second-order valence-electron chi connectivity index (χ2n) is 6.38. The molecule has 0 radical (unpaired) electrons. The van der Waals surface area contributed by atoms with Crippen LogP contribution in [0.1, 0.15) is 27.5 Å². The second kappa shape index (κ2) is 7.11. The maximum absolute atomic E-state index is 12.9. The van der Waals surface area contributed by atoms with E-state index in [2.05, 4.69) is 10.3 Å². The van der Waals surface area contributed by atoms with Gasteiger partial charge in [-0.05, 0) is 43.2 Å². The molecule has 1 aliphatic heterocycles. The Labute approximate surface area is 158 Å². The summed E-state index contributed by atoms with van der Waals surface area (Å²) in [7, 11) is 0. The van der Waals surface area contributed by atoms with Gasteiger partial charge in [0, 0.05) is 13.0 Å². The SMILES string of the molecule is Cc1c(C(=O)NCCOc2ccc(F)cc2)sc2nc3n(c(=O)c12)CCC3. The van der Waals surface area contributed by atoms with Crippen molar-refractivity contribution in [3.63, 3.8) is 0 Å². The third-order valence-corrected chi connectivity index (χ3v) is 5.77. The number of carbonyl (C=O) groups excluding carboxylic acids is 1. The molecule has 3 aromatic rings. The lowest BCUT2D eigenvalue weighted by molar-refractivity contribution is 0.0950. The zero-order valence-corrected chi connectivity index (χ0v) is 15.6. The van der Waals surface area contributed by atoms with Gasteiger partial charge in [0.2, 0.25) is 0 Å². The molecule has 1 amide bonds. The van der Waals surface area contributed by atoms with Crippen LogP contribution in [0.2, 0.25) is 0 Å². The number of rotatable bonds is 5. The zero-order chi connectivity index (χ0) is 19.0. The summed E-state index contributed by atoms with van der Waals surface area (Å²) in [5.41, 5.74) is 0.617. The van der Waals surface area contributed by atoms with Crippen molar-refractivity contribution in [1.82, 2.24) is 14.9 Å². The molecule has 0 saturated carbocycles. The van der Waals surface area contributed by atoms with Gasteiger partial charge in [0.1, 0.15) is 28.8 Å². The van der Waals surface area contributed by atoms with Gasteiger partial charge in [0.15, 0.2) is 0 Å². The van der Waals surface area contributed by atoms with Crippen molar-refractivity contribution in [3.8, 4) is 5.75 Å². The normalized spacial score (nSPS) is 13.0. The summed E-state index contributed by atoms with van der Waals surface area (Å²) in [6.45, 7) is 3.03. The average molecular weight is 387 g/mol. The number of aromatic nitrogens is 2. The van der Waals surface area contributed by atoms with Crippen LogP contribution in [-0.2, 0) is 13.0 Å². The van der Waals surface area contributed by atoms with E-state index >= 15 is 0 Å². The number of amides is 1. The van der Waals surface area contributed by atoms with E-state index in [9.17, 15) is 14.0 Å². The monoisotopic (exact) mass is 387 g/mol. The second-order valence-corrected chi connectivity index (χ2v) is 7.38. The first-order valence-corrected chi connectivity index (χ1v) is 9.55. The topological polar surface area (TPSA) is 73.2 Å². The molecule has 0 aliphatic carbocycles. The van der Waals surface area contributed by atoms with Crippen LogP contribution in [0.5, 0.6) is 5.75 Å². The number of carbonyl (C=O) groups is 1. The molecule has 8 heteroatoms. The van der Waals surface area contributed by atoms with E-state index in [1.165, 1.54) is 35.6 Å². The molecule has 1 aliphatic rings. The first kappa shape index (κ1) is 17.7. The number of hydrogen-bond donors (Lipinski definition) is 1. The molecule has 0 unspecified atom stereocenters. The summed E-state index contributed by atoms with van der Waals surface area (Å²) >= 11 is 1.25. The van der Waals surface area contributed by atoms with E-state index in [4.69, 9.17) is 4.74 Å². The predicted octanol–water partition coefficient (Wildman–Crippen LogP) is 2.66. The number of halogens is 1. The number of benzene rings is 1. The molecule has 0 saturated heterocycles. The minimum absolute atomic E-state index is 0.0556. The van der Waals surface area contributed by atoms with Crippen LogP contribution in [-0.4, -0.2) is 28.6 Å². The van der Waals surface area contributed by atoms with Crippen LogP contribution in [0.4, 0.5) is 4.39 Å². The summed E-state index contributed by atoms with van der Waals surface area (Å²) in [6.07, 6.45) is 1.73. The number of aryl methyl sites for hydroxylation is 2. The molecule has 3 heterocycles. The van der Waals surface area contributed by atoms with Crippen molar-refractivity contribution in [2.75, 3.05) is 13.2 Å². The predicted molar refractivity (Wildman–Crippen MR) is 101 cm³/mol. The Hall–Kier alpha value is -2.74. The Morgan fingerprint density at radius 3 is 2.93 bits per heavy atom. The average Bonchev–Trinajstić information content (AvgIpc) is 3.25. The van der Waals surface area contributed by atoms with E-state index < -0.39 is 0 Å². The number of hydrogen-bond acceptors (Lipinski definition) is 5. The van der Waals surface area contributed by atoms with Gasteiger partial charge in [0.05, 0.1) is 16.8 Å². The Kier molecular flexibility index (Phi) is 4.65. The molecule has 4 rings (SSSR count). The summed E-state index contributed by atoms with van der Waals surface area (Å²) in [6, 6.07) is 5.70. The summed E-state index contributed by atoms with van der Waals surface area (Å²) in [4.78, 5) is 30.9. The lowest BCUT2D eigenvalue weighted by atomic mass is 10.2. The first-order chi connectivity index (χ1) is 13.0. The number of fused-ring (bicyclic) bond motifs is 2. The van der Waals surface area contributed by atoms with Crippen LogP contribution < -0.4 is 15.6 Å². The maximum atomic E-state index is 12.9. The van der Waals surface area contributed by atoms with Gasteiger partial charge < -0.3 is 10.1 Å². The molecule has 1 N–H and O–H groups in total. The third-order valence-electron chi connectivity index (χ3n) is 4.59. The number of nitrogens with zero attached hydrogens (tertiary/aromatic N) is 2. The Morgan fingerprint density at radius 2 is 2.15 bits per heavy atom. The first-order valence-electron chi connectivity index (χ1n) is 8.74. The summed E-state index contributed by atoms with van der Waals surface area (Å²) in [5.74, 6) is 0.762. The van der Waals surface area contributed by atoms with Gasteiger partial charge in [-0.15, -0.1) is 11.3 Å². The fourth-order valence-corrected chi connectivity index (χ4v) is 4.34. The Bertz CT molecular complexity index is 1070. The van der Waals surface area contributed by atoms with Gasteiger partial charge in [-0.1, -0.05) is 0 Å². The van der Waals surface area contributed by atoms with E-state index in [0.717, 1.165) is 18.7 Å². The summed E-state index contributed by atoms with van der Waals surface area (Å²) < 4.78 is 20.0. The molecule has 140 valence electrons. The minimum Gasteiger partial charge on any atom is -0.492 e. The minimum atomic E-state index is -0.327.